The van der Waals surface area contributed by atoms with Gasteiger partial charge in [0.15, 0.2) is 0 Å². The molecular weight excluding hydrogens is 470 g/mol. The zero-order valence-corrected chi connectivity index (χ0v) is 24.0. The van der Waals surface area contributed by atoms with Crippen molar-refractivity contribution in [2.24, 2.45) is 0 Å². The van der Waals surface area contributed by atoms with Crippen LogP contribution in [0.3, 0.4) is 0 Å². The van der Waals surface area contributed by atoms with E-state index >= 15 is 0 Å². The number of rotatable bonds is 5. The van der Waals surface area contributed by atoms with Crippen molar-refractivity contribution in [3.63, 3.8) is 0 Å². The van der Waals surface area contributed by atoms with Crippen molar-refractivity contribution in [3.8, 4) is 33.4 Å². The quantitative estimate of drug-likeness (QED) is 0.248. The summed E-state index contributed by atoms with van der Waals surface area (Å²) < 4.78 is 0. The molecule has 0 spiro atoms. The highest BCUT2D eigenvalue weighted by atomic mass is 14.9. The normalized spacial score (nSPS) is 11.8. The lowest BCUT2D eigenvalue weighted by atomic mass is 9.79. The van der Waals surface area contributed by atoms with Crippen molar-refractivity contribution in [2.45, 2.75) is 52.4 Å². The third kappa shape index (κ3) is 5.99. The summed E-state index contributed by atoms with van der Waals surface area (Å²) in [6, 6.07) is 43.7. The number of hydrogen-bond acceptors (Lipinski definition) is 1. The molecule has 0 aromatic heterocycles. The molecule has 0 aliphatic heterocycles. The van der Waals surface area contributed by atoms with E-state index in [2.05, 4.69) is 168 Å². The van der Waals surface area contributed by atoms with Crippen molar-refractivity contribution in [2.75, 3.05) is 5.32 Å². The second kappa shape index (κ2) is 10.6. The van der Waals surface area contributed by atoms with E-state index in [0.717, 1.165) is 11.4 Å². The first-order valence-electron chi connectivity index (χ1n) is 13.9. The Bertz CT molecular complexity index is 1460. The average molecular weight is 510 g/mol. The molecule has 0 unspecified atom stereocenters. The summed E-state index contributed by atoms with van der Waals surface area (Å²) in [7, 11) is 0. The van der Waals surface area contributed by atoms with Gasteiger partial charge in [0.1, 0.15) is 0 Å². The summed E-state index contributed by atoms with van der Waals surface area (Å²) >= 11 is 0. The van der Waals surface area contributed by atoms with E-state index in [4.69, 9.17) is 0 Å². The van der Waals surface area contributed by atoms with E-state index in [1.54, 1.807) is 0 Å². The van der Waals surface area contributed by atoms with Crippen LogP contribution in [0.2, 0.25) is 0 Å². The first kappa shape index (κ1) is 26.5. The maximum atomic E-state index is 3.79. The first-order chi connectivity index (χ1) is 18.6. The Morgan fingerprint density at radius 2 is 0.872 bits per heavy atom. The minimum Gasteiger partial charge on any atom is -0.355 e. The molecule has 5 rings (SSSR count). The fraction of sp³-hybridized carbons (Fsp3) is 0.211. The number of hydrogen-bond donors (Lipinski definition) is 1. The molecule has 0 radical (unpaired) electrons. The molecule has 0 amide bonds. The van der Waals surface area contributed by atoms with Gasteiger partial charge in [0.05, 0.1) is 5.69 Å². The van der Waals surface area contributed by atoms with Crippen LogP contribution in [0.4, 0.5) is 11.4 Å². The molecule has 0 saturated heterocycles. The van der Waals surface area contributed by atoms with E-state index in [1.807, 2.05) is 0 Å². The zero-order valence-electron chi connectivity index (χ0n) is 24.0. The van der Waals surface area contributed by atoms with Crippen molar-refractivity contribution >= 4 is 11.4 Å². The third-order valence-corrected chi connectivity index (χ3v) is 7.39. The highest BCUT2D eigenvalue weighted by Crippen LogP contribution is 2.39. The van der Waals surface area contributed by atoms with Gasteiger partial charge in [-0.15, -0.1) is 0 Å². The smallest absolute Gasteiger partial charge is 0.0543 e. The summed E-state index contributed by atoms with van der Waals surface area (Å²) in [5, 5.41) is 3.79. The Hall–Kier alpha value is -4.10. The van der Waals surface area contributed by atoms with Crippen LogP contribution < -0.4 is 5.32 Å². The summed E-state index contributed by atoms with van der Waals surface area (Å²) in [4.78, 5) is 0. The molecule has 1 N–H and O–H groups in total. The molecule has 196 valence electrons. The van der Waals surface area contributed by atoms with E-state index in [9.17, 15) is 0 Å². The molecule has 1 heteroatoms. The van der Waals surface area contributed by atoms with Crippen molar-refractivity contribution in [1.29, 1.82) is 0 Å². The second-order valence-corrected chi connectivity index (χ2v) is 12.5. The molecule has 0 heterocycles. The number of anilines is 2. The summed E-state index contributed by atoms with van der Waals surface area (Å²) in [6.07, 6.45) is 0. The molecule has 0 atom stereocenters. The van der Waals surface area contributed by atoms with Crippen LogP contribution in [0.5, 0.6) is 0 Å². The predicted molar refractivity (Wildman–Crippen MR) is 170 cm³/mol. The fourth-order valence-electron chi connectivity index (χ4n) is 4.95. The van der Waals surface area contributed by atoms with Crippen LogP contribution in [0.1, 0.15) is 52.7 Å². The van der Waals surface area contributed by atoms with Crippen molar-refractivity contribution in [1.82, 2.24) is 0 Å². The SMILES string of the molecule is CC(C)(C)c1cc(-c2ccc(Nc3c(-c4ccccc4)cccc3-c3ccccc3)cc2)cc(C(C)(C)C)c1. The Balaban J connectivity index is 1.55. The minimum absolute atomic E-state index is 0.0898. The van der Waals surface area contributed by atoms with Crippen LogP contribution in [-0.2, 0) is 10.8 Å². The van der Waals surface area contributed by atoms with Gasteiger partial charge < -0.3 is 5.32 Å². The second-order valence-electron chi connectivity index (χ2n) is 12.5. The summed E-state index contributed by atoms with van der Waals surface area (Å²) in [6.45, 7) is 13.8. The lowest BCUT2D eigenvalue weighted by Gasteiger charge is -2.26. The van der Waals surface area contributed by atoms with Crippen molar-refractivity contribution in [3.05, 3.63) is 132 Å². The molecule has 0 aliphatic rings. The Morgan fingerprint density at radius 1 is 0.410 bits per heavy atom. The number of benzene rings is 5. The Morgan fingerprint density at radius 3 is 1.31 bits per heavy atom. The largest absolute Gasteiger partial charge is 0.355 e. The topological polar surface area (TPSA) is 12.0 Å². The molecule has 39 heavy (non-hydrogen) atoms. The maximum absolute atomic E-state index is 3.79. The zero-order chi connectivity index (χ0) is 27.6. The van der Waals surface area contributed by atoms with Crippen LogP contribution in [-0.4, -0.2) is 0 Å². The van der Waals surface area contributed by atoms with Gasteiger partial charge in [-0.1, -0.05) is 151 Å². The van der Waals surface area contributed by atoms with E-state index in [0.29, 0.717) is 0 Å². The average Bonchev–Trinajstić information content (AvgIpc) is 2.93. The standard InChI is InChI=1S/C38H39N/c1-37(2,3)31-24-30(25-32(26-31)38(4,5)6)27-20-22-33(23-21-27)39-36-34(28-14-9-7-10-15-28)18-13-19-35(36)29-16-11-8-12-17-29/h7-26,39H,1-6H3. The maximum Gasteiger partial charge on any atom is 0.0543 e. The van der Waals surface area contributed by atoms with Gasteiger partial charge in [-0.3, -0.25) is 0 Å². The molecule has 1 nitrogen and oxygen atoms in total. The molecule has 5 aromatic carbocycles. The number of nitrogens with one attached hydrogen (secondary N) is 1. The first-order valence-corrected chi connectivity index (χ1v) is 13.9. The molecule has 0 bridgehead atoms. The van der Waals surface area contributed by atoms with E-state index in [-0.39, 0.29) is 10.8 Å². The van der Waals surface area contributed by atoms with Gasteiger partial charge in [0, 0.05) is 16.8 Å². The Kier molecular flexibility index (Phi) is 7.19. The van der Waals surface area contributed by atoms with Crippen LogP contribution >= 0.6 is 0 Å². The van der Waals surface area contributed by atoms with Gasteiger partial charge in [-0.2, -0.15) is 0 Å². The summed E-state index contributed by atoms with van der Waals surface area (Å²) in [5.41, 5.74) is 12.4. The fourth-order valence-corrected chi connectivity index (χ4v) is 4.95. The van der Waals surface area contributed by atoms with Gasteiger partial charge in [-0.25, -0.2) is 0 Å². The van der Waals surface area contributed by atoms with Gasteiger partial charge >= 0.3 is 0 Å². The van der Waals surface area contributed by atoms with E-state index in [1.165, 1.54) is 44.5 Å². The van der Waals surface area contributed by atoms with Gasteiger partial charge in [0.2, 0.25) is 0 Å². The van der Waals surface area contributed by atoms with Gasteiger partial charge in [0.25, 0.3) is 0 Å². The highest BCUT2D eigenvalue weighted by Gasteiger charge is 2.21. The van der Waals surface area contributed by atoms with Crippen LogP contribution in [0.25, 0.3) is 33.4 Å². The molecular formula is C38H39N. The monoisotopic (exact) mass is 509 g/mol. The van der Waals surface area contributed by atoms with Crippen LogP contribution in [0.15, 0.2) is 121 Å². The molecule has 0 fully saturated rings. The van der Waals surface area contributed by atoms with Gasteiger partial charge in [-0.05, 0) is 56.3 Å². The van der Waals surface area contributed by atoms with Crippen molar-refractivity contribution < 1.29 is 0 Å². The predicted octanol–water partition coefficient (Wildman–Crippen LogP) is 11.0. The third-order valence-electron chi connectivity index (χ3n) is 7.39. The van der Waals surface area contributed by atoms with Crippen LogP contribution in [0, 0.1) is 0 Å². The summed E-state index contributed by atoms with van der Waals surface area (Å²) in [5.74, 6) is 0. The molecule has 0 aliphatic carbocycles. The lowest BCUT2D eigenvalue weighted by Crippen LogP contribution is -2.16. The lowest BCUT2D eigenvalue weighted by molar-refractivity contribution is 0.569. The molecule has 5 aromatic rings. The highest BCUT2D eigenvalue weighted by molar-refractivity contribution is 5.92. The number of para-hydroxylation sites is 1. The molecule has 0 saturated carbocycles. The minimum atomic E-state index is 0.0898. The Labute approximate surface area is 234 Å². The van der Waals surface area contributed by atoms with E-state index < -0.39 is 0 Å².